The van der Waals surface area contributed by atoms with Gasteiger partial charge in [-0.3, -0.25) is 20.0 Å². The molecule has 0 aliphatic carbocycles. The molecule has 0 aliphatic heterocycles. The largest absolute Gasteiger partial charge is 0.299 e. The molecule has 1 N–H and O–H groups in total. The molecule has 20 heavy (non-hydrogen) atoms. The maximum Gasteiger partial charge on any atom is 0.246 e. The highest BCUT2D eigenvalue weighted by atomic mass is 16.2. The quantitative estimate of drug-likeness (QED) is 0.670. The molecule has 2 aromatic rings. The summed E-state index contributed by atoms with van der Waals surface area (Å²) in [6.45, 7) is 1.40. The van der Waals surface area contributed by atoms with Crippen LogP contribution in [-0.4, -0.2) is 11.7 Å². The van der Waals surface area contributed by atoms with Crippen molar-refractivity contribution in [2.24, 2.45) is 0 Å². The summed E-state index contributed by atoms with van der Waals surface area (Å²) in [6, 6.07) is 18.9. The first-order valence-corrected chi connectivity index (χ1v) is 6.36. The lowest BCUT2D eigenvalue weighted by Gasteiger charge is -2.25. The molecule has 0 bridgehead atoms. The number of carbonyl (C=O) groups excluding carboxylic acids is 2. The minimum Gasteiger partial charge on any atom is -0.299 e. The molecule has 0 saturated heterocycles. The van der Waals surface area contributed by atoms with Gasteiger partial charge in [0.05, 0.1) is 17.8 Å². The topological polar surface area (TPSA) is 49.4 Å². The maximum absolute atomic E-state index is 11.8. The zero-order valence-electron chi connectivity index (χ0n) is 11.2. The highest BCUT2D eigenvalue weighted by Gasteiger charge is 2.13. The van der Waals surface area contributed by atoms with E-state index in [1.54, 1.807) is 5.01 Å². The van der Waals surface area contributed by atoms with E-state index in [4.69, 9.17) is 0 Å². The molecule has 102 valence electrons. The second-order valence-electron chi connectivity index (χ2n) is 4.42. The van der Waals surface area contributed by atoms with Crippen LogP contribution < -0.4 is 10.4 Å². The summed E-state index contributed by atoms with van der Waals surface area (Å²) in [4.78, 5) is 22.9. The summed E-state index contributed by atoms with van der Waals surface area (Å²) in [5.74, 6) is -0.492. The molecule has 0 fully saturated rings. The highest BCUT2D eigenvalue weighted by molar-refractivity contribution is 5.97. The fourth-order valence-electron chi connectivity index (χ4n) is 1.82. The van der Waals surface area contributed by atoms with Crippen LogP contribution in [0, 0.1) is 0 Å². The first kappa shape index (κ1) is 13.8. The monoisotopic (exact) mass is 268 g/mol. The number of anilines is 2. The Kier molecular flexibility index (Phi) is 4.50. The van der Waals surface area contributed by atoms with Crippen LogP contribution in [0.15, 0.2) is 60.7 Å². The summed E-state index contributed by atoms with van der Waals surface area (Å²) < 4.78 is 0. The van der Waals surface area contributed by atoms with Gasteiger partial charge in [0.1, 0.15) is 5.78 Å². The van der Waals surface area contributed by atoms with Crippen molar-refractivity contribution in [1.29, 1.82) is 0 Å². The first-order valence-electron chi connectivity index (χ1n) is 6.36. The molecular weight excluding hydrogens is 252 g/mol. The Morgan fingerprint density at radius 2 is 1.35 bits per heavy atom. The van der Waals surface area contributed by atoms with Crippen molar-refractivity contribution in [3.05, 3.63) is 60.7 Å². The zero-order chi connectivity index (χ0) is 14.4. The minimum atomic E-state index is -0.329. The molecule has 0 unspecified atom stereocenters. The third-order valence-corrected chi connectivity index (χ3v) is 2.67. The van der Waals surface area contributed by atoms with Crippen LogP contribution in [0.4, 0.5) is 11.4 Å². The van der Waals surface area contributed by atoms with Crippen LogP contribution >= 0.6 is 0 Å². The van der Waals surface area contributed by atoms with E-state index < -0.39 is 0 Å². The second kappa shape index (κ2) is 6.52. The number of ketones is 1. The van der Waals surface area contributed by atoms with Crippen molar-refractivity contribution < 1.29 is 9.59 Å². The van der Waals surface area contributed by atoms with Crippen molar-refractivity contribution in [3.63, 3.8) is 0 Å². The lowest BCUT2D eigenvalue weighted by atomic mass is 10.2. The molecular formula is C16H16N2O2. The van der Waals surface area contributed by atoms with Gasteiger partial charge in [-0.25, -0.2) is 0 Å². The van der Waals surface area contributed by atoms with E-state index in [0.717, 1.165) is 11.4 Å². The van der Waals surface area contributed by atoms with Crippen LogP contribution in [0.2, 0.25) is 0 Å². The third-order valence-electron chi connectivity index (χ3n) is 2.67. The standard InChI is InChI=1S/C16H16N2O2/c1-13(19)12-16(20)17-18(14-8-4-2-5-9-14)15-10-6-3-7-11-15/h2-11H,12H2,1H3,(H,17,20). The highest BCUT2D eigenvalue weighted by Crippen LogP contribution is 2.22. The number of benzene rings is 2. The van der Waals surface area contributed by atoms with Gasteiger partial charge in [-0.05, 0) is 31.2 Å². The number of hydrogen-bond donors (Lipinski definition) is 1. The van der Waals surface area contributed by atoms with E-state index >= 15 is 0 Å². The molecule has 2 rings (SSSR count). The third kappa shape index (κ3) is 3.68. The fourth-order valence-corrected chi connectivity index (χ4v) is 1.82. The number of carbonyl (C=O) groups is 2. The van der Waals surface area contributed by atoms with Crippen LogP contribution in [0.3, 0.4) is 0 Å². The van der Waals surface area contributed by atoms with Crippen molar-refractivity contribution in [3.8, 4) is 0 Å². The molecule has 4 nitrogen and oxygen atoms in total. The van der Waals surface area contributed by atoms with Gasteiger partial charge in [0.15, 0.2) is 0 Å². The number of hydrogen-bond acceptors (Lipinski definition) is 3. The maximum atomic E-state index is 11.8. The van der Waals surface area contributed by atoms with E-state index in [9.17, 15) is 9.59 Å². The Balaban J connectivity index is 2.26. The van der Waals surface area contributed by atoms with E-state index in [2.05, 4.69) is 5.43 Å². The van der Waals surface area contributed by atoms with Crippen molar-refractivity contribution in [2.75, 3.05) is 5.01 Å². The summed E-state index contributed by atoms with van der Waals surface area (Å²) in [5, 5.41) is 1.67. The van der Waals surface area contributed by atoms with Gasteiger partial charge in [0.25, 0.3) is 0 Å². The normalized spacial score (nSPS) is 9.85. The van der Waals surface area contributed by atoms with Gasteiger partial charge in [0.2, 0.25) is 5.91 Å². The van der Waals surface area contributed by atoms with Gasteiger partial charge in [-0.15, -0.1) is 0 Å². The average molecular weight is 268 g/mol. The van der Waals surface area contributed by atoms with Crippen molar-refractivity contribution >= 4 is 23.1 Å². The summed E-state index contributed by atoms with van der Waals surface area (Å²) >= 11 is 0. The summed E-state index contributed by atoms with van der Waals surface area (Å²) in [6.07, 6.45) is -0.129. The van der Waals surface area contributed by atoms with Crippen LogP contribution in [0.25, 0.3) is 0 Å². The van der Waals surface area contributed by atoms with Gasteiger partial charge >= 0.3 is 0 Å². The predicted octanol–water partition coefficient (Wildman–Crippen LogP) is 2.84. The zero-order valence-corrected chi connectivity index (χ0v) is 11.2. The summed E-state index contributed by atoms with van der Waals surface area (Å²) in [5.41, 5.74) is 4.41. The van der Waals surface area contributed by atoms with Gasteiger partial charge in [0, 0.05) is 0 Å². The Labute approximate surface area is 118 Å². The Morgan fingerprint density at radius 3 is 1.75 bits per heavy atom. The first-order chi connectivity index (χ1) is 9.66. The number of hydrazine groups is 1. The smallest absolute Gasteiger partial charge is 0.246 e. The molecule has 4 heteroatoms. The number of para-hydroxylation sites is 2. The molecule has 0 aliphatic rings. The van der Waals surface area contributed by atoms with E-state index in [-0.39, 0.29) is 18.1 Å². The lowest BCUT2D eigenvalue weighted by Crippen LogP contribution is -2.39. The molecule has 2 aromatic carbocycles. The molecule has 1 amide bonds. The molecule has 0 atom stereocenters. The van der Waals surface area contributed by atoms with Crippen LogP contribution in [0.5, 0.6) is 0 Å². The van der Waals surface area contributed by atoms with Gasteiger partial charge in [-0.2, -0.15) is 0 Å². The number of Topliss-reactive ketones (excluding diaryl/α,β-unsaturated/α-hetero) is 1. The Bertz CT molecular complexity index is 542. The molecule has 0 heterocycles. The van der Waals surface area contributed by atoms with Crippen LogP contribution in [-0.2, 0) is 9.59 Å². The van der Waals surface area contributed by atoms with E-state index in [1.807, 2.05) is 60.7 Å². The SMILES string of the molecule is CC(=O)CC(=O)NN(c1ccccc1)c1ccccc1. The minimum absolute atomic E-state index is 0.129. The number of nitrogens with zero attached hydrogens (tertiary/aromatic N) is 1. The molecule has 0 aromatic heterocycles. The van der Waals surface area contributed by atoms with Crippen molar-refractivity contribution in [2.45, 2.75) is 13.3 Å². The van der Waals surface area contributed by atoms with Crippen LogP contribution in [0.1, 0.15) is 13.3 Å². The van der Waals surface area contributed by atoms with Gasteiger partial charge in [-0.1, -0.05) is 36.4 Å². The van der Waals surface area contributed by atoms with E-state index in [1.165, 1.54) is 6.92 Å². The second-order valence-corrected chi connectivity index (χ2v) is 4.42. The van der Waals surface area contributed by atoms with E-state index in [0.29, 0.717) is 0 Å². The summed E-state index contributed by atoms with van der Waals surface area (Å²) in [7, 11) is 0. The molecule has 0 saturated carbocycles. The fraction of sp³-hybridized carbons (Fsp3) is 0.125. The lowest BCUT2D eigenvalue weighted by molar-refractivity contribution is -0.127. The Hall–Kier alpha value is -2.62. The number of nitrogens with one attached hydrogen (secondary N) is 1. The average Bonchev–Trinajstić information content (AvgIpc) is 2.46. The number of amides is 1. The molecule has 0 radical (unpaired) electrons. The predicted molar refractivity (Wildman–Crippen MR) is 78.5 cm³/mol. The molecule has 0 spiro atoms. The van der Waals surface area contributed by atoms with Crippen molar-refractivity contribution in [1.82, 2.24) is 5.43 Å². The Morgan fingerprint density at radius 1 is 0.900 bits per heavy atom. The number of rotatable bonds is 5. The van der Waals surface area contributed by atoms with Gasteiger partial charge < -0.3 is 0 Å².